The number of nitrogens with one attached hydrogen (secondary N) is 1. The van der Waals surface area contributed by atoms with E-state index in [2.05, 4.69) is 15.1 Å². The molecule has 1 saturated heterocycles. The molecule has 10 heteroatoms. The molecule has 0 atom stereocenters. The van der Waals surface area contributed by atoms with E-state index in [-0.39, 0.29) is 16.7 Å². The van der Waals surface area contributed by atoms with E-state index in [9.17, 15) is 14.0 Å². The van der Waals surface area contributed by atoms with Crippen LogP contribution in [0.5, 0.6) is 0 Å². The van der Waals surface area contributed by atoms with Gasteiger partial charge in [0.05, 0.1) is 17.3 Å². The fourth-order valence-corrected chi connectivity index (χ4v) is 3.67. The Morgan fingerprint density at radius 3 is 2.57 bits per heavy atom. The molecule has 2 aromatic heterocycles. The fraction of sp³-hybridized carbons (Fsp3) is 0.400. The second-order valence-corrected chi connectivity index (χ2v) is 8.69. The van der Waals surface area contributed by atoms with E-state index in [0.717, 1.165) is 0 Å². The molecule has 158 valence electrons. The van der Waals surface area contributed by atoms with Crippen LogP contribution in [0, 0.1) is 5.82 Å². The highest BCUT2D eigenvalue weighted by atomic mass is 35.5. The Bertz CT molecular complexity index is 1170. The van der Waals surface area contributed by atoms with Crippen LogP contribution in [-0.4, -0.2) is 56.7 Å². The molecule has 1 aromatic carbocycles. The molecule has 1 N–H and O–H groups in total. The van der Waals surface area contributed by atoms with Crippen molar-refractivity contribution in [1.29, 1.82) is 0 Å². The number of piperazine rings is 1. The number of nitrogens with zero attached hydrogens (tertiary/aromatic N) is 5. The van der Waals surface area contributed by atoms with Gasteiger partial charge in [0.25, 0.3) is 11.5 Å². The van der Waals surface area contributed by atoms with Crippen LogP contribution in [0.1, 0.15) is 31.1 Å². The maximum Gasteiger partial charge on any atom is 0.263 e. The number of hydrogen-bond acceptors (Lipinski definition) is 5. The summed E-state index contributed by atoms with van der Waals surface area (Å²) >= 11 is 5.91. The van der Waals surface area contributed by atoms with Crippen molar-refractivity contribution in [3.8, 4) is 0 Å². The number of anilines is 1. The lowest BCUT2D eigenvalue weighted by atomic mass is 10.1. The van der Waals surface area contributed by atoms with Crippen LogP contribution < -0.4 is 10.5 Å². The highest BCUT2D eigenvalue weighted by molar-refractivity contribution is 6.31. The first-order chi connectivity index (χ1) is 14.1. The van der Waals surface area contributed by atoms with Gasteiger partial charge in [-0.25, -0.2) is 9.07 Å². The van der Waals surface area contributed by atoms with Gasteiger partial charge >= 0.3 is 0 Å². The molecule has 0 saturated carbocycles. The Hall–Kier alpha value is -2.94. The van der Waals surface area contributed by atoms with E-state index in [1.807, 2.05) is 25.7 Å². The number of aromatic nitrogens is 4. The average Bonchev–Trinajstić information content (AvgIpc) is 3.14. The largest absolute Gasteiger partial charge is 0.339 e. The predicted molar refractivity (Wildman–Crippen MR) is 113 cm³/mol. The molecule has 1 aliphatic heterocycles. The van der Waals surface area contributed by atoms with Crippen molar-refractivity contribution in [3.63, 3.8) is 0 Å². The zero-order chi connectivity index (χ0) is 21.6. The predicted octanol–water partition coefficient (Wildman–Crippen LogP) is 2.63. The molecule has 8 nitrogen and oxygen atoms in total. The third kappa shape index (κ3) is 3.65. The van der Waals surface area contributed by atoms with Crippen LogP contribution >= 0.6 is 11.6 Å². The first kappa shape index (κ1) is 20.3. The van der Waals surface area contributed by atoms with Gasteiger partial charge in [-0.3, -0.25) is 14.6 Å². The SMILES string of the molecule is CC(C)(C)n1ncc2c(=O)[nH]c(N3CCN(C(=O)c4cc(Cl)ccc4F)CC3)nc21. The van der Waals surface area contributed by atoms with Gasteiger partial charge in [0.15, 0.2) is 5.65 Å². The Kier molecular flexibility index (Phi) is 5.01. The third-order valence-corrected chi connectivity index (χ3v) is 5.32. The van der Waals surface area contributed by atoms with Crippen molar-refractivity contribution in [2.24, 2.45) is 0 Å². The standard InChI is InChI=1S/C20H22ClFN6O2/c1-20(2,3)28-16-14(11-23-28)17(29)25-19(24-16)27-8-6-26(7-9-27)18(30)13-10-12(21)4-5-15(13)22/h4-5,10-11H,6-9H2,1-3H3,(H,24,25,29). The number of halogens is 2. The number of carbonyl (C=O) groups excluding carboxylic acids is 1. The summed E-state index contributed by atoms with van der Waals surface area (Å²) in [5.41, 5.74) is -0.116. The van der Waals surface area contributed by atoms with E-state index >= 15 is 0 Å². The van der Waals surface area contributed by atoms with Gasteiger partial charge in [-0.15, -0.1) is 0 Å². The number of hydrogen-bond donors (Lipinski definition) is 1. The minimum absolute atomic E-state index is 0.0435. The van der Waals surface area contributed by atoms with Gasteiger partial charge in [0.2, 0.25) is 5.95 Å². The van der Waals surface area contributed by atoms with E-state index < -0.39 is 11.7 Å². The lowest BCUT2D eigenvalue weighted by Crippen LogP contribution is -2.49. The van der Waals surface area contributed by atoms with Gasteiger partial charge in [-0.05, 0) is 39.0 Å². The Morgan fingerprint density at radius 2 is 1.90 bits per heavy atom. The highest BCUT2D eigenvalue weighted by Crippen LogP contribution is 2.21. The Balaban J connectivity index is 1.56. The van der Waals surface area contributed by atoms with Gasteiger partial charge in [0, 0.05) is 31.2 Å². The maximum absolute atomic E-state index is 14.0. The molecule has 0 bridgehead atoms. The molecule has 1 aliphatic rings. The number of H-pyrrole nitrogens is 1. The smallest absolute Gasteiger partial charge is 0.263 e. The minimum atomic E-state index is -0.598. The number of rotatable bonds is 2. The summed E-state index contributed by atoms with van der Waals surface area (Å²) in [4.78, 5) is 36.1. The summed E-state index contributed by atoms with van der Waals surface area (Å²) in [6.45, 7) is 7.60. The van der Waals surface area contributed by atoms with Crippen LogP contribution in [-0.2, 0) is 5.54 Å². The van der Waals surface area contributed by atoms with Crippen molar-refractivity contribution in [3.05, 3.63) is 51.2 Å². The van der Waals surface area contributed by atoms with E-state index in [4.69, 9.17) is 11.6 Å². The van der Waals surface area contributed by atoms with E-state index in [0.29, 0.717) is 48.2 Å². The van der Waals surface area contributed by atoms with Crippen LogP contribution in [0.3, 0.4) is 0 Å². The van der Waals surface area contributed by atoms with Crippen molar-refractivity contribution in [2.45, 2.75) is 26.3 Å². The van der Waals surface area contributed by atoms with Gasteiger partial charge in [-0.1, -0.05) is 11.6 Å². The quantitative estimate of drug-likeness (QED) is 0.672. The van der Waals surface area contributed by atoms with Crippen LogP contribution in [0.15, 0.2) is 29.2 Å². The second-order valence-electron chi connectivity index (χ2n) is 8.26. The summed E-state index contributed by atoms with van der Waals surface area (Å²) in [6, 6.07) is 3.94. The summed E-state index contributed by atoms with van der Waals surface area (Å²) < 4.78 is 15.8. The number of amides is 1. The van der Waals surface area contributed by atoms with Gasteiger partial charge in [-0.2, -0.15) is 10.1 Å². The lowest BCUT2D eigenvalue weighted by molar-refractivity contribution is 0.0741. The Morgan fingerprint density at radius 1 is 1.20 bits per heavy atom. The van der Waals surface area contributed by atoms with E-state index in [1.54, 1.807) is 9.58 Å². The van der Waals surface area contributed by atoms with E-state index in [1.165, 1.54) is 24.4 Å². The summed E-state index contributed by atoms with van der Waals surface area (Å²) in [5.74, 6) is -0.574. The topological polar surface area (TPSA) is 87.1 Å². The molecular formula is C20H22ClFN6O2. The van der Waals surface area contributed by atoms with Gasteiger partial charge in [0.1, 0.15) is 11.2 Å². The minimum Gasteiger partial charge on any atom is -0.339 e. The zero-order valence-corrected chi connectivity index (χ0v) is 17.7. The van der Waals surface area contributed by atoms with Crippen LogP contribution in [0.25, 0.3) is 11.0 Å². The summed E-state index contributed by atoms with van der Waals surface area (Å²) in [7, 11) is 0. The monoisotopic (exact) mass is 432 g/mol. The third-order valence-electron chi connectivity index (χ3n) is 5.09. The number of benzene rings is 1. The first-order valence-electron chi connectivity index (χ1n) is 9.63. The first-order valence-corrected chi connectivity index (χ1v) is 10.0. The van der Waals surface area contributed by atoms with Crippen molar-refractivity contribution >= 4 is 34.5 Å². The summed E-state index contributed by atoms with van der Waals surface area (Å²) in [6.07, 6.45) is 1.52. The molecule has 0 unspecified atom stereocenters. The average molecular weight is 433 g/mol. The molecule has 1 amide bonds. The molecule has 0 aliphatic carbocycles. The van der Waals surface area contributed by atoms with Crippen molar-refractivity contribution in [2.75, 3.05) is 31.1 Å². The van der Waals surface area contributed by atoms with Crippen LogP contribution in [0.4, 0.5) is 10.3 Å². The fourth-order valence-electron chi connectivity index (χ4n) is 3.50. The van der Waals surface area contributed by atoms with Crippen molar-refractivity contribution < 1.29 is 9.18 Å². The zero-order valence-electron chi connectivity index (χ0n) is 16.9. The molecule has 0 radical (unpaired) electrons. The summed E-state index contributed by atoms with van der Waals surface area (Å²) in [5, 5.41) is 5.05. The lowest BCUT2D eigenvalue weighted by Gasteiger charge is -2.35. The Labute approximate surface area is 177 Å². The van der Waals surface area contributed by atoms with Crippen molar-refractivity contribution in [1.82, 2.24) is 24.6 Å². The normalized spacial score (nSPS) is 15.1. The molecule has 3 heterocycles. The molecule has 30 heavy (non-hydrogen) atoms. The molecule has 4 rings (SSSR count). The van der Waals surface area contributed by atoms with Crippen LogP contribution in [0.2, 0.25) is 5.02 Å². The number of aromatic amines is 1. The maximum atomic E-state index is 14.0. The highest BCUT2D eigenvalue weighted by Gasteiger charge is 2.26. The number of fused-ring (bicyclic) bond motifs is 1. The second kappa shape index (κ2) is 7.39. The van der Waals surface area contributed by atoms with Gasteiger partial charge < -0.3 is 9.80 Å². The number of carbonyl (C=O) groups is 1. The molecule has 3 aromatic rings. The molecular weight excluding hydrogens is 411 g/mol. The molecule has 1 fully saturated rings. The molecule has 0 spiro atoms.